The Morgan fingerprint density at radius 2 is 2.24 bits per heavy atom. The van der Waals surface area contributed by atoms with Gasteiger partial charge in [0.2, 0.25) is 0 Å². The first-order valence-electron chi connectivity index (χ1n) is 9.41. The quantitative estimate of drug-likeness (QED) is 0.801. The Morgan fingerprint density at radius 1 is 1.38 bits per heavy atom. The van der Waals surface area contributed by atoms with Gasteiger partial charge in [-0.1, -0.05) is 5.16 Å². The highest BCUT2D eigenvalue weighted by atomic mass is 16.5. The van der Waals surface area contributed by atoms with Crippen LogP contribution in [0.25, 0.3) is 0 Å². The van der Waals surface area contributed by atoms with Crippen LogP contribution in [0, 0.1) is 12.0 Å². The minimum Gasteiger partial charge on any atom is -0.360 e. The Hall–Kier alpha value is -3.64. The molecule has 0 spiro atoms. The molecule has 8 heteroatoms. The molecule has 0 saturated heterocycles. The number of likely N-dealkylation sites (N-methyl/N-ethyl adjacent to an activating group) is 1. The van der Waals surface area contributed by atoms with E-state index in [0.717, 1.165) is 17.7 Å². The molecule has 144 valence electrons. The zero-order valence-corrected chi connectivity index (χ0v) is 15.7. The molecule has 1 fully saturated rings. The molecule has 3 atom stereocenters. The predicted octanol–water partition coefficient (Wildman–Crippen LogP) is 1.74. The Bertz CT molecular complexity index is 1080. The van der Waals surface area contributed by atoms with E-state index in [1.165, 1.54) is 4.90 Å². The van der Waals surface area contributed by atoms with Gasteiger partial charge >= 0.3 is 0 Å². The van der Waals surface area contributed by atoms with E-state index >= 15 is 0 Å². The largest absolute Gasteiger partial charge is 0.360 e. The van der Waals surface area contributed by atoms with Gasteiger partial charge in [0.1, 0.15) is 24.0 Å². The third-order valence-electron chi connectivity index (χ3n) is 5.48. The molecule has 5 rings (SSSR count). The highest BCUT2D eigenvalue weighted by molar-refractivity contribution is 6.02. The summed E-state index contributed by atoms with van der Waals surface area (Å²) in [5.41, 5.74) is 2.01. The van der Waals surface area contributed by atoms with E-state index < -0.39 is 11.9 Å². The molecule has 29 heavy (non-hydrogen) atoms. The fourth-order valence-electron chi connectivity index (χ4n) is 3.88. The first-order chi connectivity index (χ1) is 14.1. The van der Waals surface area contributed by atoms with Crippen LogP contribution in [0.5, 0.6) is 0 Å². The van der Waals surface area contributed by atoms with Gasteiger partial charge in [-0.05, 0) is 12.3 Å². The van der Waals surface area contributed by atoms with Gasteiger partial charge < -0.3 is 9.84 Å². The van der Waals surface area contributed by atoms with Crippen molar-refractivity contribution in [2.45, 2.75) is 24.8 Å². The summed E-state index contributed by atoms with van der Waals surface area (Å²) in [5, 5.41) is 6.72. The van der Waals surface area contributed by atoms with Crippen LogP contribution in [-0.4, -0.2) is 40.0 Å². The number of allylic oxidation sites excluding steroid dienone is 6. The van der Waals surface area contributed by atoms with E-state index in [1.54, 1.807) is 25.5 Å². The first kappa shape index (κ1) is 17.5. The molecule has 3 aliphatic rings. The number of hydrogen-bond acceptors (Lipinski definition) is 6. The maximum atomic E-state index is 13.0. The highest BCUT2D eigenvalue weighted by Crippen LogP contribution is 2.53. The summed E-state index contributed by atoms with van der Waals surface area (Å²) < 4.78 is 5.30. The molecular weight excluding hydrogens is 370 g/mol. The van der Waals surface area contributed by atoms with Crippen LogP contribution in [0.3, 0.4) is 0 Å². The number of hydrogen-bond donors (Lipinski definition) is 1. The number of nitrogens with one attached hydrogen (secondary N) is 1. The van der Waals surface area contributed by atoms with E-state index in [2.05, 4.69) is 26.5 Å². The second-order valence-corrected chi connectivity index (χ2v) is 7.38. The lowest BCUT2D eigenvalue weighted by Crippen LogP contribution is -2.48. The molecule has 0 unspecified atom stereocenters. The highest BCUT2D eigenvalue weighted by Gasteiger charge is 2.53. The minimum absolute atomic E-state index is 0.0128. The van der Waals surface area contributed by atoms with Gasteiger partial charge in [0.25, 0.3) is 11.8 Å². The maximum Gasteiger partial charge on any atom is 0.274 e. The Labute approximate surface area is 167 Å². The summed E-state index contributed by atoms with van der Waals surface area (Å²) in [7, 11) is 1.66. The Kier molecular flexibility index (Phi) is 4.07. The normalized spacial score (nSPS) is 24.2. The number of anilines is 1. The van der Waals surface area contributed by atoms with Crippen molar-refractivity contribution >= 4 is 17.6 Å². The molecule has 1 aliphatic heterocycles. The van der Waals surface area contributed by atoms with Crippen molar-refractivity contribution in [1.82, 2.24) is 20.4 Å². The number of fused-ring (bicyclic) bond motifs is 3. The molecule has 2 amide bonds. The molecule has 1 N–H and O–H groups in total. The number of amides is 2. The summed E-state index contributed by atoms with van der Waals surface area (Å²) >= 11 is 0. The molecule has 2 aliphatic carbocycles. The van der Waals surface area contributed by atoms with E-state index in [1.807, 2.05) is 24.3 Å². The van der Waals surface area contributed by atoms with Crippen LogP contribution in [0.4, 0.5) is 5.82 Å². The fraction of sp³-hybridized carbons (Fsp3) is 0.286. The van der Waals surface area contributed by atoms with Crippen LogP contribution in [-0.2, 0) is 11.2 Å². The molecule has 0 bridgehead atoms. The third-order valence-corrected chi connectivity index (χ3v) is 5.48. The summed E-state index contributed by atoms with van der Waals surface area (Å²) in [6, 6.07) is 0.970. The Balaban J connectivity index is 1.32. The van der Waals surface area contributed by atoms with E-state index in [4.69, 9.17) is 4.52 Å². The van der Waals surface area contributed by atoms with E-state index in [9.17, 15) is 9.59 Å². The lowest BCUT2D eigenvalue weighted by atomic mass is 10.1. The summed E-state index contributed by atoms with van der Waals surface area (Å²) in [4.78, 5) is 35.9. The average molecular weight is 388 g/mol. The topological polar surface area (TPSA) is 101 Å². The number of nitrogens with zero attached hydrogens (tertiary/aromatic N) is 4. The summed E-state index contributed by atoms with van der Waals surface area (Å²) in [5.74, 6) is 0.654. The van der Waals surface area contributed by atoms with Gasteiger partial charge in [0.15, 0.2) is 11.5 Å². The third kappa shape index (κ3) is 3.13. The second kappa shape index (κ2) is 6.76. The Morgan fingerprint density at radius 3 is 3.07 bits per heavy atom. The van der Waals surface area contributed by atoms with Crippen LogP contribution in [0.1, 0.15) is 34.3 Å². The number of rotatable bonds is 4. The van der Waals surface area contributed by atoms with Gasteiger partial charge in [-0.3, -0.25) is 19.5 Å². The molecule has 8 nitrogen and oxygen atoms in total. The molecule has 3 heterocycles. The molecule has 2 aromatic rings. The van der Waals surface area contributed by atoms with Gasteiger partial charge in [-0.15, -0.1) is 0 Å². The van der Waals surface area contributed by atoms with Crippen LogP contribution in [0.15, 0.2) is 52.9 Å². The van der Waals surface area contributed by atoms with E-state index in [-0.39, 0.29) is 23.4 Å². The SMILES string of the molecule is CN1C(=O)[C@@H](NC(=O)c2cc(CC3=CC=[C+]C=C3)on2)[C@H]2C[C@H]2c2nccnc21. The van der Waals surface area contributed by atoms with Crippen LogP contribution in [0.2, 0.25) is 0 Å². The van der Waals surface area contributed by atoms with Crippen molar-refractivity contribution in [3.63, 3.8) is 0 Å². The lowest BCUT2D eigenvalue weighted by Gasteiger charge is -2.22. The maximum absolute atomic E-state index is 13.0. The van der Waals surface area contributed by atoms with Crippen molar-refractivity contribution in [2.24, 2.45) is 5.92 Å². The summed E-state index contributed by atoms with van der Waals surface area (Å²) in [6.07, 6.45) is 15.0. The monoisotopic (exact) mass is 388 g/mol. The first-order valence-corrected chi connectivity index (χ1v) is 9.41. The molecule has 1 saturated carbocycles. The van der Waals surface area contributed by atoms with Gasteiger partial charge in [0.05, 0.1) is 29.8 Å². The number of carbonyl (C=O) groups is 2. The molecule has 2 aromatic heterocycles. The number of aromatic nitrogens is 3. The van der Waals surface area contributed by atoms with Crippen LogP contribution >= 0.6 is 0 Å². The smallest absolute Gasteiger partial charge is 0.274 e. The summed E-state index contributed by atoms with van der Waals surface area (Å²) in [6.45, 7) is 0. The van der Waals surface area contributed by atoms with E-state index in [0.29, 0.717) is 18.0 Å². The van der Waals surface area contributed by atoms with Gasteiger partial charge in [-0.2, -0.15) is 0 Å². The van der Waals surface area contributed by atoms with Gasteiger partial charge in [-0.25, -0.2) is 4.98 Å². The molecule has 0 radical (unpaired) electrons. The van der Waals surface area contributed by atoms with Crippen molar-refractivity contribution in [1.29, 1.82) is 0 Å². The fourth-order valence-corrected chi connectivity index (χ4v) is 3.88. The van der Waals surface area contributed by atoms with Crippen molar-refractivity contribution in [3.05, 3.63) is 71.6 Å². The number of carbonyl (C=O) groups excluding carboxylic acids is 2. The average Bonchev–Trinajstić information content (AvgIpc) is 3.41. The minimum atomic E-state index is -0.640. The zero-order valence-electron chi connectivity index (χ0n) is 15.7. The predicted molar refractivity (Wildman–Crippen MR) is 103 cm³/mol. The van der Waals surface area contributed by atoms with Crippen LogP contribution < -0.4 is 10.2 Å². The van der Waals surface area contributed by atoms with Crippen molar-refractivity contribution < 1.29 is 14.1 Å². The zero-order chi connectivity index (χ0) is 20.0. The van der Waals surface area contributed by atoms with Crippen molar-refractivity contribution in [2.75, 3.05) is 11.9 Å². The molecular formula is C21H18N5O3+. The lowest BCUT2D eigenvalue weighted by molar-refractivity contribution is -0.120. The second-order valence-electron chi connectivity index (χ2n) is 7.38. The van der Waals surface area contributed by atoms with Gasteiger partial charge in [0, 0.05) is 37.5 Å². The van der Waals surface area contributed by atoms with Crippen molar-refractivity contribution in [3.8, 4) is 0 Å². The molecule has 0 aromatic carbocycles. The standard InChI is InChI=1S/C21H17N5O3/c1-26-19-17(22-7-8-23-19)14-11-15(14)18(21(26)28)24-20(27)16-10-13(29-25-16)9-12-5-3-2-4-6-12/h3-8,10,14-15,18H,9,11H2,1H3/p+1/t14-,15+,18+/m1/s1.